The van der Waals surface area contributed by atoms with E-state index in [1.54, 1.807) is 0 Å². The summed E-state index contributed by atoms with van der Waals surface area (Å²) in [5, 5.41) is 6.11. The Morgan fingerprint density at radius 1 is 1.29 bits per heavy atom. The summed E-state index contributed by atoms with van der Waals surface area (Å²) in [6.45, 7) is 6.02. The molecule has 2 aliphatic heterocycles. The largest absolute Gasteiger partial charge is 0.376 e. The number of nitrogens with zero attached hydrogens (tertiary/aromatic N) is 1. The van der Waals surface area contributed by atoms with Gasteiger partial charge in [0.05, 0.1) is 25.3 Å². The molecule has 2 N–H and O–H groups in total. The van der Waals surface area contributed by atoms with Crippen molar-refractivity contribution in [1.29, 1.82) is 0 Å². The molecule has 0 atom stereocenters. The van der Waals surface area contributed by atoms with Crippen LogP contribution in [0.25, 0.3) is 0 Å². The number of amides is 2. The molecule has 8 heteroatoms. The molecule has 28 heavy (non-hydrogen) atoms. The van der Waals surface area contributed by atoms with E-state index in [1.807, 2.05) is 6.92 Å². The predicted molar refractivity (Wildman–Crippen MR) is 103 cm³/mol. The van der Waals surface area contributed by atoms with Crippen LogP contribution in [0.2, 0.25) is 5.02 Å². The monoisotopic (exact) mass is 409 g/mol. The van der Waals surface area contributed by atoms with Gasteiger partial charge in [-0.2, -0.15) is 0 Å². The SMILES string of the molecule is CC1(NC(=O)CN2CC3(CC(CNC(=O)c4cc(F)cc(Cl)c4)C3)C2)COC1. The summed E-state index contributed by atoms with van der Waals surface area (Å²) in [6.07, 6.45) is 2.09. The van der Waals surface area contributed by atoms with Crippen molar-refractivity contribution in [2.75, 3.05) is 39.4 Å². The van der Waals surface area contributed by atoms with Gasteiger partial charge < -0.3 is 15.4 Å². The van der Waals surface area contributed by atoms with Gasteiger partial charge in [0.15, 0.2) is 0 Å². The maximum absolute atomic E-state index is 13.4. The Morgan fingerprint density at radius 2 is 2.00 bits per heavy atom. The van der Waals surface area contributed by atoms with Crippen molar-refractivity contribution in [3.05, 3.63) is 34.6 Å². The summed E-state index contributed by atoms with van der Waals surface area (Å²) in [6, 6.07) is 3.83. The van der Waals surface area contributed by atoms with Gasteiger partial charge in [0.1, 0.15) is 5.82 Å². The Bertz CT molecular complexity index is 765. The fraction of sp³-hybridized carbons (Fsp3) is 0.600. The van der Waals surface area contributed by atoms with Gasteiger partial charge in [-0.3, -0.25) is 14.5 Å². The number of halogens is 2. The molecule has 0 aromatic heterocycles. The molecular formula is C20H25ClFN3O3. The van der Waals surface area contributed by atoms with Gasteiger partial charge in [0.2, 0.25) is 5.91 Å². The summed E-state index contributed by atoms with van der Waals surface area (Å²) in [5.41, 5.74) is 0.331. The normalized spacial score (nSPS) is 22.7. The van der Waals surface area contributed by atoms with Crippen LogP contribution in [0.15, 0.2) is 18.2 Å². The van der Waals surface area contributed by atoms with Gasteiger partial charge >= 0.3 is 0 Å². The van der Waals surface area contributed by atoms with Crippen LogP contribution in [0.3, 0.4) is 0 Å². The molecule has 2 heterocycles. The van der Waals surface area contributed by atoms with E-state index in [0.29, 0.717) is 37.6 Å². The van der Waals surface area contributed by atoms with Crippen LogP contribution in [0.1, 0.15) is 30.1 Å². The first-order valence-electron chi connectivity index (χ1n) is 9.60. The van der Waals surface area contributed by atoms with Gasteiger partial charge in [-0.25, -0.2) is 4.39 Å². The summed E-state index contributed by atoms with van der Waals surface area (Å²) < 4.78 is 18.5. The first-order chi connectivity index (χ1) is 13.2. The Kier molecular flexibility index (Phi) is 5.10. The quantitative estimate of drug-likeness (QED) is 0.752. The maximum Gasteiger partial charge on any atom is 0.251 e. The summed E-state index contributed by atoms with van der Waals surface area (Å²) >= 11 is 5.80. The molecule has 0 radical (unpaired) electrons. The number of rotatable bonds is 6. The first kappa shape index (κ1) is 19.6. The number of carbonyl (C=O) groups excluding carboxylic acids is 2. The average Bonchev–Trinajstić information content (AvgIpc) is 2.52. The molecule has 0 bridgehead atoms. The fourth-order valence-corrected chi connectivity index (χ4v) is 4.89. The number of ether oxygens (including phenoxy) is 1. The second-order valence-corrected chi connectivity index (χ2v) is 9.33. The van der Waals surface area contributed by atoms with Gasteiger partial charge in [0.25, 0.3) is 5.91 Å². The lowest BCUT2D eigenvalue weighted by Gasteiger charge is -2.59. The first-order valence-corrected chi connectivity index (χ1v) is 9.98. The van der Waals surface area contributed by atoms with Crippen molar-refractivity contribution in [2.45, 2.75) is 25.3 Å². The van der Waals surface area contributed by atoms with E-state index in [9.17, 15) is 14.0 Å². The van der Waals surface area contributed by atoms with E-state index < -0.39 is 5.82 Å². The molecule has 1 aliphatic carbocycles. The van der Waals surface area contributed by atoms with Crippen LogP contribution in [0, 0.1) is 17.2 Å². The lowest BCUT2D eigenvalue weighted by molar-refractivity contribution is -0.140. The lowest BCUT2D eigenvalue weighted by Crippen LogP contribution is -2.66. The third-order valence-corrected chi connectivity index (χ3v) is 6.11. The van der Waals surface area contributed by atoms with Crippen LogP contribution >= 0.6 is 11.6 Å². The Hall–Kier alpha value is -1.70. The zero-order valence-corrected chi connectivity index (χ0v) is 16.7. The van der Waals surface area contributed by atoms with Gasteiger partial charge in [-0.15, -0.1) is 0 Å². The van der Waals surface area contributed by atoms with Crippen LogP contribution in [0.4, 0.5) is 4.39 Å². The van der Waals surface area contributed by atoms with Crippen molar-refractivity contribution < 1.29 is 18.7 Å². The molecule has 1 aromatic carbocycles. The van der Waals surface area contributed by atoms with Crippen molar-refractivity contribution >= 4 is 23.4 Å². The van der Waals surface area contributed by atoms with E-state index in [2.05, 4.69) is 15.5 Å². The van der Waals surface area contributed by atoms with E-state index in [1.165, 1.54) is 18.2 Å². The van der Waals surface area contributed by atoms with Crippen LogP contribution in [0.5, 0.6) is 0 Å². The standard InChI is InChI=1S/C20H25ClFN3O3/c1-19(11-28-12-19)24-17(26)8-25-9-20(10-25)5-13(6-20)7-23-18(27)14-2-15(21)4-16(22)3-14/h2-4,13H,5-12H2,1H3,(H,23,27)(H,24,26). The minimum Gasteiger partial charge on any atom is -0.376 e. The summed E-state index contributed by atoms with van der Waals surface area (Å²) in [4.78, 5) is 26.4. The highest BCUT2D eigenvalue weighted by Gasteiger charge is 2.52. The van der Waals surface area contributed by atoms with Gasteiger partial charge in [-0.05, 0) is 49.3 Å². The molecule has 152 valence electrons. The number of likely N-dealkylation sites (tertiary alicyclic amines) is 1. The summed E-state index contributed by atoms with van der Waals surface area (Å²) in [5.74, 6) is -0.340. The zero-order valence-electron chi connectivity index (χ0n) is 15.9. The second-order valence-electron chi connectivity index (χ2n) is 8.89. The zero-order chi connectivity index (χ0) is 19.9. The fourth-order valence-electron chi connectivity index (χ4n) is 4.67. The molecule has 1 aromatic rings. The molecule has 0 unspecified atom stereocenters. The topological polar surface area (TPSA) is 70.7 Å². The van der Waals surface area contributed by atoms with Crippen molar-refractivity contribution in [3.8, 4) is 0 Å². The molecule has 1 spiro atoms. The highest BCUT2D eigenvalue weighted by molar-refractivity contribution is 6.31. The molecule has 1 saturated carbocycles. The second kappa shape index (κ2) is 7.28. The van der Waals surface area contributed by atoms with E-state index >= 15 is 0 Å². The molecule has 3 fully saturated rings. The Morgan fingerprint density at radius 3 is 2.61 bits per heavy atom. The van der Waals surface area contributed by atoms with E-state index in [-0.39, 0.29) is 27.9 Å². The molecule has 4 rings (SSSR count). The van der Waals surface area contributed by atoms with Gasteiger partial charge in [-0.1, -0.05) is 11.6 Å². The summed E-state index contributed by atoms with van der Waals surface area (Å²) in [7, 11) is 0. The van der Waals surface area contributed by atoms with Crippen molar-refractivity contribution in [3.63, 3.8) is 0 Å². The highest BCUT2D eigenvalue weighted by Crippen LogP contribution is 2.51. The third-order valence-electron chi connectivity index (χ3n) is 5.89. The third kappa shape index (κ3) is 4.16. The van der Waals surface area contributed by atoms with Crippen LogP contribution in [-0.4, -0.2) is 61.6 Å². The Labute approximate surface area is 168 Å². The molecule has 3 aliphatic rings. The average molecular weight is 410 g/mol. The van der Waals surface area contributed by atoms with E-state index in [0.717, 1.165) is 25.9 Å². The van der Waals surface area contributed by atoms with E-state index in [4.69, 9.17) is 16.3 Å². The van der Waals surface area contributed by atoms with Gasteiger partial charge in [0, 0.05) is 30.2 Å². The minimum absolute atomic E-state index is 0.0533. The lowest BCUT2D eigenvalue weighted by atomic mass is 9.57. The number of nitrogens with one attached hydrogen (secondary N) is 2. The smallest absolute Gasteiger partial charge is 0.251 e. The number of benzene rings is 1. The Balaban J connectivity index is 1.15. The predicted octanol–water partition coefficient (Wildman–Crippen LogP) is 1.83. The number of hydrogen-bond acceptors (Lipinski definition) is 4. The molecular weight excluding hydrogens is 385 g/mol. The molecule has 6 nitrogen and oxygen atoms in total. The van der Waals surface area contributed by atoms with Crippen LogP contribution in [-0.2, 0) is 9.53 Å². The van der Waals surface area contributed by atoms with Crippen molar-refractivity contribution in [1.82, 2.24) is 15.5 Å². The van der Waals surface area contributed by atoms with Crippen molar-refractivity contribution in [2.24, 2.45) is 11.3 Å². The maximum atomic E-state index is 13.4. The molecule has 2 saturated heterocycles. The number of hydrogen-bond donors (Lipinski definition) is 2. The minimum atomic E-state index is -0.516. The highest BCUT2D eigenvalue weighted by atomic mass is 35.5. The number of carbonyl (C=O) groups is 2. The molecule has 2 amide bonds. The van der Waals surface area contributed by atoms with Crippen LogP contribution < -0.4 is 10.6 Å².